The van der Waals surface area contributed by atoms with Crippen LogP contribution in [0.4, 0.5) is 0 Å². The molecular formula is C38H42N2O8Sn. The second-order valence-corrected chi connectivity index (χ2v) is 12.4. The van der Waals surface area contributed by atoms with Crippen molar-refractivity contribution in [3.63, 3.8) is 0 Å². The molecule has 11 heteroatoms. The van der Waals surface area contributed by atoms with Crippen molar-refractivity contribution in [2.75, 3.05) is 13.1 Å². The van der Waals surface area contributed by atoms with Gasteiger partial charge < -0.3 is 19.8 Å². The van der Waals surface area contributed by atoms with Gasteiger partial charge in [0.25, 0.3) is 23.6 Å². The van der Waals surface area contributed by atoms with Gasteiger partial charge in [-0.15, -0.1) is 0 Å². The number of amides is 4. The average molecular weight is 773 g/mol. The van der Waals surface area contributed by atoms with Gasteiger partial charge in [-0.25, -0.2) is 0 Å². The van der Waals surface area contributed by atoms with Crippen molar-refractivity contribution in [2.24, 2.45) is 10.8 Å². The number of allylic oxidation sites excluding steroid dienone is 10. The van der Waals surface area contributed by atoms with Crippen LogP contribution in [0.25, 0.3) is 0 Å². The van der Waals surface area contributed by atoms with Crippen LogP contribution in [-0.2, 0) is 28.8 Å². The predicted molar refractivity (Wildman–Crippen MR) is 182 cm³/mol. The van der Waals surface area contributed by atoms with Gasteiger partial charge in [-0.1, -0.05) is 100 Å². The van der Waals surface area contributed by atoms with E-state index < -0.39 is 46.4 Å². The van der Waals surface area contributed by atoms with Crippen LogP contribution in [-0.4, -0.2) is 82.4 Å². The van der Waals surface area contributed by atoms with Gasteiger partial charge in [0.15, 0.2) is 0 Å². The number of imide groups is 2. The van der Waals surface area contributed by atoms with E-state index in [-0.39, 0.29) is 37.0 Å². The van der Waals surface area contributed by atoms with Crippen molar-refractivity contribution in [3.05, 3.63) is 110 Å². The summed E-state index contributed by atoms with van der Waals surface area (Å²) in [6.07, 6.45) is 31.6. The number of carbonyl (C=O) groups is 6. The largest absolute Gasteiger partial charge is 2.00 e. The summed E-state index contributed by atoms with van der Waals surface area (Å²) in [5.74, 6) is -4.01. The first-order valence-electron chi connectivity index (χ1n) is 16.1. The minimum Gasteiger partial charge on any atom is -0.549 e. The third kappa shape index (κ3) is 12.1. The summed E-state index contributed by atoms with van der Waals surface area (Å²) in [6, 6.07) is 0. The summed E-state index contributed by atoms with van der Waals surface area (Å²) in [4.78, 5) is 70.3. The van der Waals surface area contributed by atoms with Crippen LogP contribution in [0, 0.1) is 23.7 Å². The van der Waals surface area contributed by atoms with E-state index in [0.29, 0.717) is 25.7 Å². The van der Waals surface area contributed by atoms with Crippen LogP contribution in [0.2, 0.25) is 0 Å². The van der Waals surface area contributed by atoms with Crippen molar-refractivity contribution in [1.29, 1.82) is 0 Å². The molecule has 4 radical (unpaired) electrons. The molecule has 2 aliphatic heterocycles. The van der Waals surface area contributed by atoms with Crippen LogP contribution in [0.3, 0.4) is 0 Å². The Morgan fingerprint density at radius 2 is 0.837 bits per heavy atom. The fourth-order valence-electron chi connectivity index (χ4n) is 6.05. The minimum absolute atomic E-state index is 0. The zero-order valence-corrected chi connectivity index (χ0v) is 30.5. The van der Waals surface area contributed by atoms with Gasteiger partial charge in [0.2, 0.25) is 0 Å². The van der Waals surface area contributed by atoms with Gasteiger partial charge in [0.05, 0.1) is 0 Å². The van der Waals surface area contributed by atoms with E-state index in [9.17, 15) is 39.0 Å². The summed E-state index contributed by atoms with van der Waals surface area (Å²) in [6.45, 7) is 7.33. The molecule has 0 atom stereocenters. The number of carbonyl (C=O) groups excluding carboxylic acids is 6. The zero-order valence-electron chi connectivity index (χ0n) is 27.6. The van der Waals surface area contributed by atoms with E-state index >= 15 is 0 Å². The molecule has 0 aromatic carbocycles. The van der Waals surface area contributed by atoms with Gasteiger partial charge in [-0.05, 0) is 36.8 Å². The number of hydrogen-bond donors (Lipinski definition) is 0. The normalized spacial score (nSPS) is 21.2. The van der Waals surface area contributed by atoms with E-state index in [2.05, 4.69) is 13.2 Å². The van der Waals surface area contributed by atoms with Crippen LogP contribution >= 0.6 is 0 Å². The van der Waals surface area contributed by atoms with Crippen LogP contribution in [0.1, 0.15) is 64.2 Å². The molecule has 2 saturated carbocycles. The van der Waals surface area contributed by atoms with Crippen molar-refractivity contribution < 1.29 is 39.0 Å². The average Bonchev–Trinajstić information content (AvgIpc) is 3.57. The smallest absolute Gasteiger partial charge is 0.549 e. The van der Waals surface area contributed by atoms with Crippen LogP contribution in [0.15, 0.2) is 97.2 Å². The maximum Gasteiger partial charge on any atom is 2.00 e. The van der Waals surface area contributed by atoms with Gasteiger partial charge >= 0.3 is 23.9 Å². The van der Waals surface area contributed by atoms with Crippen LogP contribution < -0.4 is 10.2 Å². The third-order valence-corrected chi connectivity index (χ3v) is 8.90. The molecule has 6 rings (SSSR count). The minimum atomic E-state index is -1.15. The number of rotatable bonds is 6. The molecule has 0 saturated heterocycles. The Balaban J connectivity index is 0.000000243. The SMILES string of the molecule is C=C1[CH]C=CC=C1.C=C1[CH]C=CC=C1.O=C1C=CC(=O)N1CC1(C(=O)[O-])CCCCC1.O=C1C=CC(=O)N1CC1(C(=O)[O-])CCCCC1.[Sn+2]. The van der Waals surface area contributed by atoms with Crippen molar-refractivity contribution >= 4 is 59.5 Å². The molecule has 2 heterocycles. The number of carboxylic acids is 2. The first-order chi connectivity index (χ1) is 22.9. The molecule has 2 fully saturated rings. The summed E-state index contributed by atoms with van der Waals surface area (Å²) in [7, 11) is 0. The second kappa shape index (κ2) is 19.8. The Hall–Kier alpha value is -4.06. The maximum absolute atomic E-state index is 11.4. The molecule has 49 heavy (non-hydrogen) atoms. The fraction of sp³-hybridized carbons (Fsp3) is 0.368. The number of hydrogen-bond acceptors (Lipinski definition) is 8. The first kappa shape index (κ1) is 41.1. The number of carboxylic acid groups (broad SMARTS) is 2. The quantitative estimate of drug-likeness (QED) is 0.295. The molecule has 0 spiro atoms. The van der Waals surface area contributed by atoms with Crippen LogP contribution in [0.5, 0.6) is 0 Å². The van der Waals surface area contributed by atoms with Crippen molar-refractivity contribution in [3.8, 4) is 0 Å². The Morgan fingerprint density at radius 3 is 1.04 bits per heavy atom. The third-order valence-electron chi connectivity index (χ3n) is 8.90. The molecule has 4 aliphatic carbocycles. The maximum atomic E-state index is 11.4. The van der Waals surface area contributed by atoms with Gasteiger partial charge in [0, 0.05) is 73.0 Å². The van der Waals surface area contributed by atoms with Crippen molar-refractivity contribution in [1.82, 2.24) is 9.80 Å². The molecule has 4 amide bonds. The van der Waals surface area contributed by atoms with Crippen molar-refractivity contribution in [2.45, 2.75) is 64.2 Å². The molecule has 0 bridgehead atoms. The van der Waals surface area contributed by atoms with Gasteiger partial charge in [-0.3, -0.25) is 29.0 Å². The molecule has 0 unspecified atom stereocenters. The van der Waals surface area contributed by atoms with E-state index in [1.807, 2.05) is 61.4 Å². The Labute approximate surface area is 305 Å². The number of nitrogens with zero attached hydrogens (tertiary/aromatic N) is 2. The summed E-state index contributed by atoms with van der Waals surface area (Å²) in [5, 5.41) is 22.6. The molecule has 0 aromatic rings. The van der Waals surface area contributed by atoms with E-state index in [0.717, 1.165) is 59.5 Å². The topological polar surface area (TPSA) is 155 Å². The van der Waals surface area contributed by atoms with Gasteiger partial charge in [-0.2, -0.15) is 0 Å². The van der Waals surface area contributed by atoms with E-state index in [1.54, 1.807) is 0 Å². The Bertz CT molecular complexity index is 1320. The molecule has 6 aliphatic rings. The summed E-state index contributed by atoms with van der Waals surface area (Å²) < 4.78 is 0. The number of aliphatic carboxylic acids is 2. The molecule has 10 nitrogen and oxygen atoms in total. The van der Waals surface area contributed by atoms with Gasteiger partial charge in [0.1, 0.15) is 0 Å². The second-order valence-electron chi connectivity index (χ2n) is 12.4. The standard InChI is InChI=1S/2C12H15NO4.2C7H7.Sn/c2*14-9-4-5-10(15)13(9)8-12(11(16)17)6-2-1-3-7-12;2*1-7-5-3-2-4-6-7;/h2*4-5H,1-3,6-8H2,(H,16,17);2*2-6H,1H2;/q;;;;+2/p-2. The molecule has 256 valence electrons. The molecular weight excluding hydrogens is 731 g/mol. The first-order valence-corrected chi connectivity index (χ1v) is 16.1. The monoisotopic (exact) mass is 774 g/mol. The Kier molecular flexibility index (Phi) is 16.6. The fourth-order valence-corrected chi connectivity index (χ4v) is 6.05. The van der Waals surface area contributed by atoms with E-state index in [4.69, 9.17) is 0 Å². The predicted octanol–water partition coefficient (Wildman–Crippen LogP) is 2.59. The van der Waals surface area contributed by atoms with E-state index in [1.165, 1.54) is 24.3 Å². The zero-order chi connectivity index (χ0) is 35.2. The molecule has 0 N–H and O–H groups in total. The molecule has 0 aromatic heterocycles. The summed E-state index contributed by atoms with van der Waals surface area (Å²) in [5.41, 5.74) is 0.0514. The summed E-state index contributed by atoms with van der Waals surface area (Å²) >= 11 is 0. The Morgan fingerprint density at radius 1 is 0.531 bits per heavy atom.